The van der Waals surface area contributed by atoms with Crippen molar-refractivity contribution in [3.8, 4) is 5.75 Å². The van der Waals surface area contributed by atoms with Gasteiger partial charge in [0.2, 0.25) is 5.91 Å². The van der Waals surface area contributed by atoms with E-state index in [2.05, 4.69) is 10.3 Å². The minimum atomic E-state index is -0.460. The molecule has 28 heavy (non-hydrogen) atoms. The second kappa shape index (κ2) is 7.63. The quantitative estimate of drug-likeness (QED) is 0.645. The summed E-state index contributed by atoms with van der Waals surface area (Å²) in [5.74, 6) is -0.0208. The highest BCUT2D eigenvalue weighted by atomic mass is 32.1. The van der Waals surface area contributed by atoms with Gasteiger partial charge in [-0.05, 0) is 12.1 Å². The summed E-state index contributed by atoms with van der Waals surface area (Å²) in [5, 5.41) is 3.99. The molecule has 7 nitrogen and oxygen atoms in total. The number of methoxy groups -OCH3 is 2. The Hall–Kier alpha value is -2.87. The Morgan fingerprint density at radius 2 is 2.00 bits per heavy atom. The summed E-state index contributed by atoms with van der Waals surface area (Å²) in [4.78, 5) is 29.4. The first-order chi connectivity index (χ1) is 13.2. The molecule has 0 fully saturated rings. The Kier molecular flexibility index (Phi) is 5.42. The standard InChI is InChI=1S/C20H22N2O5S/c1-20(2,3)17-16(18(24)26-5)28-19(22-17)21-15(23)8-11-10-27-14-9-12(25-4)6-7-13(11)14/h6-7,9-10H,8H2,1-5H3,(H,21,22,23). The molecule has 0 saturated heterocycles. The number of nitrogens with zero attached hydrogens (tertiary/aromatic N) is 1. The number of ether oxygens (including phenoxy) is 2. The van der Waals surface area contributed by atoms with E-state index in [9.17, 15) is 9.59 Å². The van der Waals surface area contributed by atoms with Gasteiger partial charge in [0.1, 0.15) is 16.2 Å². The number of fused-ring (bicyclic) bond motifs is 1. The zero-order valence-electron chi connectivity index (χ0n) is 16.4. The highest BCUT2D eigenvalue weighted by molar-refractivity contribution is 7.17. The van der Waals surface area contributed by atoms with Crippen LogP contribution in [0.2, 0.25) is 0 Å². The molecule has 2 heterocycles. The Morgan fingerprint density at radius 1 is 1.25 bits per heavy atom. The molecule has 0 saturated carbocycles. The SMILES string of the molecule is COC(=O)c1sc(NC(=O)Cc2coc3cc(OC)ccc23)nc1C(C)(C)C. The van der Waals surface area contributed by atoms with Crippen molar-refractivity contribution in [2.24, 2.45) is 0 Å². The van der Waals surface area contributed by atoms with Crippen LogP contribution in [0.1, 0.15) is 41.7 Å². The summed E-state index contributed by atoms with van der Waals surface area (Å²) in [6.45, 7) is 5.85. The van der Waals surface area contributed by atoms with E-state index in [-0.39, 0.29) is 17.7 Å². The third kappa shape index (κ3) is 4.01. The van der Waals surface area contributed by atoms with Gasteiger partial charge in [0, 0.05) is 22.4 Å². The van der Waals surface area contributed by atoms with Gasteiger partial charge in [-0.2, -0.15) is 0 Å². The number of hydrogen-bond acceptors (Lipinski definition) is 7. The van der Waals surface area contributed by atoms with Gasteiger partial charge in [-0.1, -0.05) is 32.1 Å². The molecule has 0 unspecified atom stereocenters. The number of amides is 1. The van der Waals surface area contributed by atoms with Crippen molar-refractivity contribution in [3.05, 3.63) is 40.6 Å². The Balaban J connectivity index is 1.80. The molecule has 2 aromatic heterocycles. The zero-order chi connectivity index (χ0) is 20.5. The second-order valence-corrected chi connectivity index (χ2v) is 8.29. The molecule has 1 aromatic carbocycles. The van der Waals surface area contributed by atoms with Crippen molar-refractivity contribution < 1.29 is 23.5 Å². The maximum absolute atomic E-state index is 12.5. The zero-order valence-corrected chi connectivity index (χ0v) is 17.2. The molecule has 8 heteroatoms. The van der Waals surface area contributed by atoms with Crippen LogP contribution in [0.15, 0.2) is 28.9 Å². The fourth-order valence-electron chi connectivity index (χ4n) is 2.78. The molecule has 0 atom stereocenters. The number of carbonyl (C=O) groups is 2. The highest BCUT2D eigenvalue weighted by Gasteiger charge is 2.28. The maximum atomic E-state index is 12.5. The molecule has 0 aliphatic carbocycles. The van der Waals surface area contributed by atoms with Crippen molar-refractivity contribution >= 4 is 39.3 Å². The van der Waals surface area contributed by atoms with E-state index in [0.717, 1.165) is 22.3 Å². The summed E-state index contributed by atoms with van der Waals surface area (Å²) >= 11 is 1.11. The summed E-state index contributed by atoms with van der Waals surface area (Å²) in [5.41, 5.74) is 1.65. The van der Waals surface area contributed by atoms with E-state index < -0.39 is 5.97 Å². The molecule has 1 N–H and O–H groups in total. The smallest absolute Gasteiger partial charge is 0.350 e. The van der Waals surface area contributed by atoms with Crippen LogP contribution in [0.25, 0.3) is 11.0 Å². The number of benzene rings is 1. The maximum Gasteiger partial charge on any atom is 0.350 e. The number of anilines is 1. The summed E-state index contributed by atoms with van der Waals surface area (Å²) < 4.78 is 15.5. The van der Waals surface area contributed by atoms with Crippen LogP contribution >= 0.6 is 11.3 Å². The molecule has 1 amide bonds. The van der Waals surface area contributed by atoms with Gasteiger partial charge >= 0.3 is 5.97 Å². The lowest BCUT2D eigenvalue weighted by molar-refractivity contribution is -0.115. The van der Waals surface area contributed by atoms with E-state index >= 15 is 0 Å². The molecular weight excluding hydrogens is 380 g/mol. The molecule has 3 aromatic rings. The van der Waals surface area contributed by atoms with Crippen LogP contribution in [0, 0.1) is 0 Å². The number of esters is 1. The van der Waals surface area contributed by atoms with Gasteiger partial charge in [0.15, 0.2) is 5.13 Å². The van der Waals surface area contributed by atoms with E-state index in [1.165, 1.54) is 7.11 Å². The molecule has 0 spiro atoms. The van der Waals surface area contributed by atoms with Crippen molar-refractivity contribution in [1.82, 2.24) is 4.98 Å². The van der Waals surface area contributed by atoms with Gasteiger partial charge in [0.05, 0.1) is 32.6 Å². The summed E-state index contributed by atoms with van der Waals surface area (Å²) in [6, 6.07) is 5.45. The topological polar surface area (TPSA) is 90.7 Å². The lowest BCUT2D eigenvalue weighted by Gasteiger charge is -2.16. The largest absolute Gasteiger partial charge is 0.497 e. The van der Waals surface area contributed by atoms with Gasteiger partial charge in [0.25, 0.3) is 0 Å². The van der Waals surface area contributed by atoms with Crippen LogP contribution in [-0.4, -0.2) is 31.1 Å². The predicted octanol–water partition coefficient (Wildman–Crippen LogP) is 4.16. The number of nitrogens with one attached hydrogen (secondary N) is 1. The number of hydrogen-bond donors (Lipinski definition) is 1. The fraction of sp³-hybridized carbons (Fsp3) is 0.350. The monoisotopic (exact) mass is 402 g/mol. The van der Waals surface area contributed by atoms with E-state index in [1.54, 1.807) is 19.4 Å². The van der Waals surface area contributed by atoms with Crippen molar-refractivity contribution in [2.45, 2.75) is 32.6 Å². The summed E-state index contributed by atoms with van der Waals surface area (Å²) in [7, 11) is 2.91. The van der Waals surface area contributed by atoms with E-state index in [1.807, 2.05) is 32.9 Å². The molecule has 0 aliphatic rings. The molecule has 0 bridgehead atoms. The first-order valence-corrected chi connectivity index (χ1v) is 9.48. The Labute approximate surface area is 166 Å². The van der Waals surface area contributed by atoms with Gasteiger partial charge in [-0.3, -0.25) is 4.79 Å². The van der Waals surface area contributed by atoms with Crippen LogP contribution in [-0.2, 0) is 21.4 Å². The average Bonchev–Trinajstić information content (AvgIpc) is 3.25. The van der Waals surface area contributed by atoms with Crippen molar-refractivity contribution in [3.63, 3.8) is 0 Å². The molecule has 148 valence electrons. The molecule has 0 radical (unpaired) electrons. The Morgan fingerprint density at radius 3 is 2.64 bits per heavy atom. The molecular formula is C20H22N2O5S. The third-order valence-electron chi connectivity index (χ3n) is 4.17. The van der Waals surface area contributed by atoms with Crippen molar-refractivity contribution in [1.29, 1.82) is 0 Å². The van der Waals surface area contributed by atoms with Crippen LogP contribution in [0.4, 0.5) is 5.13 Å². The lowest BCUT2D eigenvalue weighted by Crippen LogP contribution is -2.17. The number of aromatic nitrogens is 1. The van der Waals surface area contributed by atoms with Crippen LogP contribution in [0.3, 0.4) is 0 Å². The first-order valence-electron chi connectivity index (χ1n) is 8.66. The minimum absolute atomic E-state index is 0.122. The molecule has 0 aliphatic heterocycles. The van der Waals surface area contributed by atoms with Gasteiger partial charge in [-0.15, -0.1) is 0 Å². The van der Waals surface area contributed by atoms with Gasteiger partial charge in [-0.25, -0.2) is 9.78 Å². The van der Waals surface area contributed by atoms with Crippen LogP contribution in [0.5, 0.6) is 5.75 Å². The predicted molar refractivity (Wildman–Crippen MR) is 107 cm³/mol. The number of carbonyl (C=O) groups excluding carboxylic acids is 2. The van der Waals surface area contributed by atoms with Crippen LogP contribution < -0.4 is 10.1 Å². The first kappa shape index (κ1) is 19.9. The van der Waals surface area contributed by atoms with Crippen molar-refractivity contribution in [2.75, 3.05) is 19.5 Å². The normalized spacial score (nSPS) is 11.5. The lowest BCUT2D eigenvalue weighted by atomic mass is 9.91. The third-order valence-corrected chi connectivity index (χ3v) is 5.12. The number of rotatable bonds is 5. The molecule has 3 rings (SSSR count). The highest BCUT2D eigenvalue weighted by Crippen LogP contribution is 2.33. The van der Waals surface area contributed by atoms with Gasteiger partial charge < -0.3 is 19.2 Å². The minimum Gasteiger partial charge on any atom is -0.497 e. The number of furan rings is 1. The van der Waals surface area contributed by atoms with E-state index in [4.69, 9.17) is 13.9 Å². The summed E-state index contributed by atoms with van der Waals surface area (Å²) in [6.07, 6.45) is 1.68. The second-order valence-electron chi connectivity index (χ2n) is 7.29. The average molecular weight is 402 g/mol. The van der Waals surface area contributed by atoms with E-state index in [0.29, 0.717) is 27.0 Å². The number of thiazole rings is 1. The fourth-order valence-corrected chi connectivity index (χ4v) is 3.89. The Bertz CT molecular complexity index is 1030.